The summed E-state index contributed by atoms with van der Waals surface area (Å²) in [5.41, 5.74) is 12.0. The largest absolute Gasteiger partial charge is 0.397 e. The summed E-state index contributed by atoms with van der Waals surface area (Å²) in [5.74, 6) is 0. The van der Waals surface area contributed by atoms with E-state index in [9.17, 15) is 0 Å². The van der Waals surface area contributed by atoms with Crippen molar-refractivity contribution < 1.29 is 0 Å². The molecule has 0 heterocycles. The first-order valence-electron chi connectivity index (χ1n) is 2.99. The maximum Gasteiger partial charge on any atom is 0.0809 e. The van der Waals surface area contributed by atoms with Crippen LogP contribution >= 0.6 is 0 Å². The maximum absolute atomic E-state index is 5.47. The summed E-state index contributed by atoms with van der Waals surface area (Å²) >= 11 is 0. The van der Waals surface area contributed by atoms with Crippen LogP contribution in [0.5, 0.6) is 0 Å². The molecule has 0 saturated heterocycles. The normalized spacial score (nSPS) is 11.4. The fraction of sp³-hybridized carbons (Fsp3) is 0. The van der Waals surface area contributed by atoms with E-state index in [1.165, 1.54) is 0 Å². The lowest BCUT2D eigenvalue weighted by molar-refractivity contribution is 1.42. The van der Waals surface area contributed by atoms with Crippen LogP contribution in [0.3, 0.4) is 0 Å². The highest BCUT2D eigenvalue weighted by atomic mass is 14.6. The highest BCUT2D eigenvalue weighted by molar-refractivity contribution is 5.59. The minimum absolute atomic E-state index is 0.487. The molecule has 2 nitrogen and oxygen atoms in total. The molecule has 0 unspecified atom stereocenters. The fourth-order valence-electron chi connectivity index (χ4n) is 0.701. The Morgan fingerprint density at radius 2 is 1.80 bits per heavy atom. The first-order chi connectivity index (χ1) is 4.84. The van der Waals surface area contributed by atoms with Crippen LogP contribution in [0.15, 0.2) is 30.3 Å². The molecule has 0 aliphatic heterocycles. The van der Waals surface area contributed by atoms with Crippen LogP contribution in [-0.2, 0) is 0 Å². The first-order valence-corrected chi connectivity index (χ1v) is 2.99. The van der Waals surface area contributed by atoms with Crippen LogP contribution in [0.1, 0.15) is 5.56 Å². The van der Waals surface area contributed by atoms with Crippen molar-refractivity contribution in [3.8, 4) is 0 Å². The second kappa shape index (κ2) is 2.92. The van der Waals surface area contributed by atoms with Crippen LogP contribution in [0.25, 0.3) is 5.70 Å². The zero-order valence-corrected chi connectivity index (χ0v) is 5.54. The molecular weight excluding hydrogens is 124 g/mol. The molecule has 0 aromatic heterocycles. The van der Waals surface area contributed by atoms with Gasteiger partial charge >= 0.3 is 0 Å². The molecule has 0 amide bonds. The summed E-state index contributed by atoms with van der Waals surface area (Å²) in [4.78, 5) is 0. The van der Waals surface area contributed by atoms with Crippen LogP contribution in [-0.4, -0.2) is 0 Å². The second-order valence-electron chi connectivity index (χ2n) is 1.92. The molecule has 0 atom stereocenters. The molecular formula is C8H9N2. The van der Waals surface area contributed by atoms with Crippen LogP contribution in [0.2, 0.25) is 0 Å². The molecule has 1 aromatic carbocycles. The highest BCUT2D eigenvalue weighted by Crippen LogP contribution is 2.04. The summed E-state index contributed by atoms with van der Waals surface area (Å²) in [6.45, 7) is 0. The highest BCUT2D eigenvalue weighted by Gasteiger charge is 1.90. The van der Waals surface area contributed by atoms with Gasteiger partial charge < -0.3 is 11.5 Å². The second-order valence-corrected chi connectivity index (χ2v) is 1.92. The number of hydrogen-bond acceptors (Lipinski definition) is 2. The third kappa shape index (κ3) is 1.29. The number of nitrogens with two attached hydrogens (primary N) is 2. The zero-order valence-electron chi connectivity index (χ0n) is 5.54. The van der Waals surface area contributed by atoms with Gasteiger partial charge in [0.25, 0.3) is 0 Å². The monoisotopic (exact) mass is 133 g/mol. The lowest BCUT2D eigenvalue weighted by Gasteiger charge is -1.96. The lowest BCUT2D eigenvalue weighted by atomic mass is 10.2. The third-order valence-corrected chi connectivity index (χ3v) is 1.24. The van der Waals surface area contributed by atoms with Gasteiger partial charge in [-0.3, -0.25) is 0 Å². The van der Waals surface area contributed by atoms with Gasteiger partial charge in [-0.15, -0.1) is 0 Å². The van der Waals surface area contributed by atoms with E-state index >= 15 is 0 Å². The Hall–Kier alpha value is -1.44. The van der Waals surface area contributed by atoms with Gasteiger partial charge in [-0.25, -0.2) is 0 Å². The van der Waals surface area contributed by atoms with Crippen LogP contribution < -0.4 is 11.5 Å². The van der Waals surface area contributed by atoms with E-state index in [1.807, 2.05) is 30.3 Å². The molecule has 10 heavy (non-hydrogen) atoms. The van der Waals surface area contributed by atoms with E-state index < -0.39 is 0 Å². The van der Waals surface area contributed by atoms with Gasteiger partial charge in [0.2, 0.25) is 0 Å². The Morgan fingerprint density at radius 1 is 1.20 bits per heavy atom. The summed E-state index contributed by atoms with van der Waals surface area (Å²) in [5, 5.41) is 0. The average Bonchev–Trinajstić information content (AvgIpc) is 2.05. The Labute approximate surface area is 60.2 Å². The fourth-order valence-corrected chi connectivity index (χ4v) is 0.701. The van der Waals surface area contributed by atoms with Crippen molar-refractivity contribution in [1.29, 1.82) is 0 Å². The predicted octanol–water partition coefficient (Wildman–Crippen LogP) is 0.706. The minimum Gasteiger partial charge on any atom is -0.397 e. The zero-order chi connectivity index (χ0) is 7.40. The van der Waals surface area contributed by atoms with Crippen LogP contribution in [0.4, 0.5) is 0 Å². The van der Waals surface area contributed by atoms with Crippen molar-refractivity contribution in [1.82, 2.24) is 0 Å². The SMILES string of the molecule is N[C]=C(N)c1ccccc1. The molecule has 0 saturated carbocycles. The van der Waals surface area contributed by atoms with Gasteiger partial charge in [0.1, 0.15) is 0 Å². The van der Waals surface area contributed by atoms with E-state index in [1.54, 1.807) is 0 Å². The molecule has 0 spiro atoms. The van der Waals surface area contributed by atoms with Crippen molar-refractivity contribution >= 4 is 5.70 Å². The molecule has 0 aliphatic carbocycles. The molecule has 1 aromatic rings. The molecule has 4 N–H and O–H groups in total. The smallest absolute Gasteiger partial charge is 0.0809 e. The quantitative estimate of drug-likeness (QED) is 0.554. The molecule has 1 rings (SSSR count). The summed E-state index contributed by atoms with van der Waals surface area (Å²) in [6, 6.07) is 9.50. The molecule has 0 aliphatic rings. The lowest BCUT2D eigenvalue weighted by Crippen LogP contribution is -1.99. The molecule has 0 bridgehead atoms. The maximum atomic E-state index is 5.47. The van der Waals surface area contributed by atoms with E-state index in [0.717, 1.165) is 5.56 Å². The van der Waals surface area contributed by atoms with Gasteiger partial charge in [-0.1, -0.05) is 30.3 Å². The molecule has 2 heteroatoms. The van der Waals surface area contributed by atoms with Crippen LogP contribution in [0, 0.1) is 6.20 Å². The Balaban J connectivity index is 2.96. The van der Waals surface area contributed by atoms with Crippen molar-refractivity contribution in [3.63, 3.8) is 0 Å². The van der Waals surface area contributed by atoms with Crippen molar-refractivity contribution in [3.05, 3.63) is 42.1 Å². The Kier molecular flexibility index (Phi) is 1.95. The van der Waals surface area contributed by atoms with E-state index in [2.05, 4.69) is 6.20 Å². The summed E-state index contributed by atoms with van der Waals surface area (Å²) in [6.07, 6.45) is 2.38. The van der Waals surface area contributed by atoms with Crippen molar-refractivity contribution in [2.24, 2.45) is 11.5 Å². The van der Waals surface area contributed by atoms with E-state index in [0.29, 0.717) is 5.70 Å². The predicted molar refractivity (Wildman–Crippen MR) is 41.5 cm³/mol. The number of benzene rings is 1. The first kappa shape index (κ1) is 6.68. The Morgan fingerprint density at radius 3 is 2.30 bits per heavy atom. The van der Waals surface area contributed by atoms with E-state index in [4.69, 9.17) is 11.5 Å². The standard InChI is InChI=1S/C8H9N2/c9-6-8(10)7-4-2-1-3-5-7/h1-5H,9-10H2. The number of hydrogen-bond donors (Lipinski definition) is 2. The van der Waals surface area contributed by atoms with Crippen molar-refractivity contribution in [2.45, 2.75) is 0 Å². The molecule has 51 valence electrons. The Bertz CT molecular complexity index is 226. The topological polar surface area (TPSA) is 52.0 Å². The third-order valence-electron chi connectivity index (χ3n) is 1.24. The van der Waals surface area contributed by atoms with Gasteiger partial charge in [0.15, 0.2) is 0 Å². The van der Waals surface area contributed by atoms with Gasteiger partial charge in [-0.05, 0) is 5.56 Å². The molecule has 0 fully saturated rings. The summed E-state index contributed by atoms with van der Waals surface area (Å²) in [7, 11) is 0. The van der Waals surface area contributed by atoms with Crippen molar-refractivity contribution in [2.75, 3.05) is 0 Å². The van der Waals surface area contributed by atoms with Gasteiger partial charge in [-0.2, -0.15) is 0 Å². The summed E-state index contributed by atoms with van der Waals surface area (Å²) < 4.78 is 0. The molecule has 1 radical (unpaired) electrons. The number of rotatable bonds is 1. The van der Waals surface area contributed by atoms with Gasteiger partial charge in [0, 0.05) is 0 Å². The van der Waals surface area contributed by atoms with Gasteiger partial charge in [0.05, 0.1) is 11.9 Å². The average molecular weight is 133 g/mol. The van der Waals surface area contributed by atoms with E-state index in [-0.39, 0.29) is 0 Å². The minimum atomic E-state index is 0.487.